The van der Waals surface area contributed by atoms with Crippen LogP contribution in [0, 0.1) is 11.3 Å². The predicted octanol–water partition coefficient (Wildman–Crippen LogP) is 4.67. The molecule has 27 heavy (non-hydrogen) atoms. The zero-order valence-corrected chi connectivity index (χ0v) is 16.0. The van der Waals surface area contributed by atoms with E-state index < -0.39 is 0 Å². The Morgan fingerprint density at radius 2 is 1.85 bits per heavy atom. The molecule has 140 valence electrons. The number of carbonyl (C=O) groups is 1. The van der Waals surface area contributed by atoms with Crippen molar-refractivity contribution >= 4 is 5.91 Å². The van der Waals surface area contributed by atoms with Crippen molar-refractivity contribution in [1.82, 2.24) is 4.90 Å². The molecular formula is C23H26N2O2. The molecule has 0 N–H and O–H groups in total. The van der Waals surface area contributed by atoms with E-state index in [1.165, 1.54) is 5.56 Å². The Morgan fingerprint density at radius 1 is 1.19 bits per heavy atom. The van der Waals surface area contributed by atoms with Gasteiger partial charge in [0.05, 0.1) is 24.7 Å². The first kappa shape index (κ1) is 20.3. The Labute approximate surface area is 161 Å². The summed E-state index contributed by atoms with van der Waals surface area (Å²) in [5, 5.41) is 8.87. The summed E-state index contributed by atoms with van der Waals surface area (Å²) < 4.78 is 5.71. The van der Waals surface area contributed by atoms with Gasteiger partial charge in [-0.25, -0.2) is 0 Å². The standard InChI is InChI=1S/C23H26N2O2/c1-4-14-25(17-20-7-5-19(16-24)6-8-20)23(26)13-15-27-22-11-9-21(10-12-22)18(2)3/h4-12,18H,1,13-15,17H2,2-3H3. The van der Waals surface area contributed by atoms with Crippen LogP contribution in [0.2, 0.25) is 0 Å². The number of amides is 1. The van der Waals surface area contributed by atoms with Gasteiger partial charge in [-0.1, -0.05) is 44.2 Å². The summed E-state index contributed by atoms with van der Waals surface area (Å²) in [6.45, 7) is 9.33. The Kier molecular flexibility index (Phi) is 7.63. The van der Waals surface area contributed by atoms with Crippen LogP contribution in [0.3, 0.4) is 0 Å². The molecule has 0 spiro atoms. The van der Waals surface area contributed by atoms with Gasteiger partial charge in [-0.05, 0) is 41.3 Å². The maximum atomic E-state index is 12.5. The molecule has 4 nitrogen and oxygen atoms in total. The van der Waals surface area contributed by atoms with Gasteiger partial charge in [0.25, 0.3) is 0 Å². The summed E-state index contributed by atoms with van der Waals surface area (Å²) in [4.78, 5) is 14.3. The molecular weight excluding hydrogens is 336 g/mol. The number of carbonyl (C=O) groups excluding carboxylic acids is 1. The molecule has 0 aliphatic carbocycles. The van der Waals surface area contributed by atoms with Crippen LogP contribution in [0.15, 0.2) is 61.2 Å². The van der Waals surface area contributed by atoms with Gasteiger partial charge < -0.3 is 9.64 Å². The Morgan fingerprint density at radius 3 is 2.41 bits per heavy atom. The molecule has 0 aromatic heterocycles. The summed E-state index contributed by atoms with van der Waals surface area (Å²) in [7, 11) is 0. The van der Waals surface area contributed by atoms with Crippen molar-refractivity contribution in [3.05, 3.63) is 77.9 Å². The summed E-state index contributed by atoms with van der Waals surface area (Å²) in [6, 6.07) is 17.3. The van der Waals surface area contributed by atoms with Crippen LogP contribution < -0.4 is 4.74 Å². The number of hydrogen-bond donors (Lipinski definition) is 0. The fourth-order valence-electron chi connectivity index (χ4n) is 2.68. The summed E-state index contributed by atoms with van der Waals surface area (Å²) in [6.07, 6.45) is 2.02. The molecule has 0 aliphatic heterocycles. The van der Waals surface area contributed by atoms with E-state index in [4.69, 9.17) is 10.00 Å². The number of ether oxygens (including phenoxy) is 1. The highest BCUT2D eigenvalue weighted by atomic mass is 16.5. The zero-order valence-electron chi connectivity index (χ0n) is 16.0. The van der Waals surface area contributed by atoms with Crippen LogP contribution in [0.25, 0.3) is 0 Å². The van der Waals surface area contributed by atoms with Crippen molar-refractivity contribution in [2.24, 2.45) is 0 Å². The lowest BCUT2D eigenvalue weighted by molar-refractivity contribution is -0.131. The Bertz CT molecular complexity index is 787. The molecule has 4 heteroatoms. The fraction of sp³-hybridized carbons (Fsp3) is 0.304. The molecule has 0 heterocycles. The van der Waals surface area contributed by atoms with Crippen LogP contribution in [0.5, 0.6) is 5.75 Å². The number of nitriles is 1. The lowest BCUT2D eigenvalue weighted by Crippen LogP contribution is -2.31. The van der Waals surface area contributed by atoms with Crippen molar-refractivity contribution in [3.63, 3.8) is 0 Å². The number of rotatable bonds is 9. The van der Waals surface area contributed by atoms with E-state index in [-0.39, 0.29) is 5.91 Å². The normalized spacial score (nSPS) is 10.3. The molecule has 0 atom stereocenters. The van der Waals surface area contributed by atoms with E-state index in [9.17, 15) is 4.79 Å². The summed E-state index contributed by atoms with van der Waals surface area (Å²) in [5.41, 5.74) is 2.85. The SMILES string of the molecule is C=CCN(Cc1ccc(C#N)cc1)C(=O)CCOc1ccc(C(C)C)cc1. The predicted molar refractivity (Wildman–Crippen MR) is 107 cm³/mol. The third-order valence-electron chi connectivity index (χ3n) is 4.29. The second kappa shape index (κ2) is 10.2. The highest BCUT2D eigenvalue weighted by molar-refractivity contribution is 5.76. The van der Waals surface area contributed by atoms with E-state index in [1.54, 1.807) is 23.1 Å². The molecule has 0 saturated heterocycles. The second-order valence-electron chi connectivity index (χ2n) is 6.69. The highest BCUT2D eigenvalue weighted by Crippen LogP contribution is 2.18. The molecule has 1 amide bonds. The minimum atomic E-state index is 0.0121. The third kappa shape index (κ3) is 6.31. The van der Waals surface area contributed by atoms with E-state index in [1.807, 2.05) is 24.3 Å². The lowest BCUT2D eigenvalue weighted by Gasteiger charge is -2.21. The number of hydrogen-bond acceptors (Lipinski definition) is 3. The van der Waals surface area contributed by atoms with E-state index >= 15 is 0 Å². The minimum Gasteiger partial charge on any atom is -0.493 e. The Balaban J connectivity index is 1.88. The lowest BCUT2D eigenvalue weighted by atomic mass is 10.0. The van der Waals surface area contributed by atoms with Crippen molar-refractivity contribution in [1.29, 1.82) is 5.26 Å². The summed E-state index contributed by atoms with van der Waals surface area (Å²) in [5.74, 6) is 1.27. The largest absolute Gasteiger partial charge is 0.493 e. The quantitative estimate of drug-likeness (QED) is 0.609. The average molecular weight is 362 g/mol. The summed E-state index contributed by atoms with van der Waals surface area (Å²) >= 11 is 0. The van der Waals surface area contributed by atoms with Crippen LogP contribution >= 0.6 is 0 Å². The maximum absolute atomic E-state index is 12.5. The molecule has 2 rings (SSSR count). The van der Waals surface area contributed by atoms with Gasteiger partial charge in [-0.15, -0.1) is 6.58 Å². The van der Waals surface area contributed by atoms with E-state index in [2.05, 4.69) is 38.6 Å². The fourth-order valence-corrected chi connectivity index (χ4v) is 2.68. The number of nitrogens with zero attached hydrogens (tertiary/aromatic N) is 2. The molecule has 2 aromatic rings. The van der Waals surface area contributed by atoms with Crippen LogP contribution in [-0.2, 0) is 11.3 Å². The van der Waals surface area contributed by atoms with Gasteiger partial charge in [0.2, 0.25) is 5.91 Å². The van der Waals surface area contributed by atoms with Crippen molar-refractivity contribution < 1.29 is 9.53 Å². The smallest absolute Gasteiger partial charge is 0.226 e. The van der Waals surface area contributed by atoms with Crippen LogP contribution in [0.4, 0.5) is 0 Å². The average Bonchev–Trinajstić information content (AvgIpc) is 2.68. The van der Waals surface area contributed by atoms with Crippen molar-refractivity contribution in [2.45, 2.75) is 32.7 Å². The Hall–Kier alpha value is -3.06. The molecule has 2 aromatic carbocycles. The van der Waals surface area contributed by atoms with Gasteiger partial charge >= 0.3 is 0 Å². The van der Waals surface area contributed by atoms with E-state index in [0.29, 0.717) is 37.6 Å². The van der Waals surface area contributed by atoms with Gasteiger partial charge in [-0.2, -0.15) is 5.26 Å². The molecule has 0 saturated carbocycles. The first-order valence-corrected chi connectivity index (χ1v) is 9.14. The molecule has 0 unspecified atom stereocenters. The van der Waals surface area contributed by atoms with Crippen LogP contribution in [-0.4, -0.2) is 24.0 Å². The first-order chi connectivity index (χ1) is 13.0. The van der Waals surface area contributed by atoms with Gasteiger partial charge in [0.15, 0.2) is 0 Å². The van der Waals surface area contributed by atoms with Crippen molar-refractivity contribution in [2.75, 3.05) is 13.2 Å². The second-order valence-corrected chi connectivity index (χ2v) is 6.69. The zero-order chi connectivity index (χ0) is 19.6. The molecule has 0 bridgehead atoms. The van der Waals surface area contributed by atoms with Gasteiger partial charge in [0, 0.05) is 13.1 Å². The van der Waals surface area contributed by atoms with E-state index in [0.717, 1.165) is 11.3 Å². The monoisotopic (exact) mass is 362 g/mol. The number of benzene rings is 2. The maximum Gasteiger partial charge on any atom is 0.226 e. The topological polar surface area (TPSA) is 53.3 Å². The molecule has 0 radical (unpaired) electrons. The van der Waals surface area contributed by atoms with Crippen molar-refractivity contribution in [3.8, 4) is 11.8 Å². The highest BCUT2D eigenvalue weighted by Gasteiger charge is 2.13. The molecule has 0 fully saturated rings. The minimum absolute atomic E-state index is 0.0121. The first-order valence-electron chi connectivity index (χ1n) is 9.14. The van der Waals surface area contributed by atoms with Gasteiger partial charge in [0.1, 0.15) is 5.75 Å². The van der Waals surface area contributed by atoms with Crippen LogP contribution in [0.1, 0.15) is 42.9 Å². The third-order valence-corrected chi connectivity index (χ3v) is 4.29. The molecule has 0 aliphatic rings. The van der Waals surface area contributed by atoms with Gasteiger partial charge in [-0.3, -0.25) is 4.79 Å².